The van der Waals surface area contributed by atoms with Gasteiger partial charge in [-0.2, -0.15) is 0 Å². The van der Waals surface area contributed by atoms with E-state index in [-0.39, 0.29) is 0 Å². The standard InChI is InChI=1S/C33H28P4/c1-2-27(32-34-28(23-15-7-3-8-16-23)29(35-32)24-17-9-4-10-18-24)33-36-30(25-19-11-5-12-20-25)31(37-33)26-21-13-6-14-22-26/h3-22,27,34,36H,2H2,1H3. The molecule has 0 aliphatic rings. The lowest BCUT2D eigenvalue weighted by Gasteiger charge is -2.11. The molecule has 0 aliphatic heterocycles. The van der Waals surface area contributed by atoms with E-state index in [0.29, 0.717) is 5.92 Å². The first-order chi connectivity index (χ1) is 18.3. The van der Waals surface area contributed by atoms with E-state index in [4.69, 9.17) is 0 Å². The molecule has 0 saturated carbocycles. The molecule has 2 aromatic heterocycles. The van der Waals surface area contributed by atoms with E-state index >= 15 is 0 Å². The topological polar surface area (TPSA) is 0 Å². The van der Waals surface area contributed by atoms with Crippen molar-refractivity contribution in [2.24, 2.45) is 0 Å². The van der Waals surface area contributed by atoms with E-state index in [1.807, 2.05) is 0 Å². The van der Waals surface area contributed by atoms with Gasteiger partial charge in [-0.15, -0.1) is 16.4 Å². The minimum absolute atomic E-state index is 0.542. The lowest BCUT2D eigenvalue weighted by Crippen LogP contribution is -1.88. The molecule has 0 aliphatic carbocycles. The summed E-state index contributed by atoms with van der Waals surface area (Å²) in [4.78, 5) is 0. The molecule has 0 fully saturated rings. The van der Waals surface area contributed by atoms with Gasteiger partial charge in [-0.25, -0.2) is 0 Å². The molecule has 6 aromatic rings. The van der Waals surface area contributed by atoms with Crippen molar-refractivity contribution in [1.82, 2.24) is 0 Å². The van der Waals surface area contributed by atoms with Crippen molar-refractivity contribution in [3.63, 3.8) is 0 Å². The predicted octanol–water partition coefficient (Wildman–Crippen LogP) is 12.1. The molecule has 0 amide bonds. The van der Waals surface area contributed by atoms with Gasteiger partial charge in [0.2, 0.25) is 0 Å². The third-order valence-corrected chi connectivity index (χ3v) is 13.8. The van der Waals surface area contributed by atoms with E-state index in [1.165, 1.54) is 66.2 Å². The summed E-state index contributed by atoms with van der Waals surface area (Å²) in [5, 5.41) is 9.43. The van der Waals surface area contributed by atoms with Crippen molar-refractivity contribution in [3.8, 4) is 43.4 Å². The maximum absolute atomic E-state index is 2.38. The molecule has 0 N–H and O–H groups in total. The van der Waals surface area contributed by atoms with Crippen molar-refractivity contribution in [2.45, 2.75) is 19.3 Å². The lowest BCUT2D eigenvalue weighted by atomic mass is 10.1. The van der Waals surface area contributed by atoms with Crippen LogP contribution in [0.25, 0.3) is 43.4 Å². The van der Waals surface area contributed by atoms with Crippen LogP contribution in [0.15, 0.2) is 121 Å². The Bertz CT molecular complexity index is 1350. The lowest BCUT2D eigenvalue weighted by molar-refractivity contribution is 0.834. The zero-order valence-electron chi connectivity index (χ0n) is 20.7. The van der Waals surface area contributed by atoms with Crippen LogP contribution in [0.2, 0.25) is 0 Å². The van der Waals surface area contributed by atoms with Gasteiger partial charge in [0.25, 0.3) is 0 Å². The summed E-state index contributed by atoms with van der Waals surface area (Å²) in [5.74, 6) is 0.542. The minimum Gasteiger partial charge on any atom is -0.122 e. The molecule has 0 bridgehead atoms. The van der Waals surface area contributed by atoms with Gasteiger partial charge in [0.1, 0.15) is 0 Å². The normalized spacial score (nSPS) is 12.8. The van der Waals surface area contributed by atoms with Crippen molar-refractivity contribution in [2.75, 3.05) is 0 Å². The molecule has 2 heterocycles. The second kappa shape index (κ2) is 11.4. The zero-order chi connectivity index (χ0) is 25.0. The van der Waals surface area contributed by atoms with Crippen LogP contribution in [0.3, 0.4) is 0 Å². The summed E-state index contributed by atoms with van der Waals surface area (Å²) in [6.07, 6.45) is 1.17. The van der Waals surface area contributed by atoms with Gasteiger partial charge < -0.3 is 0 Å². The van der Waals surface area contributed by atoms with Crippen molar-refractivity contribution in [3.05, 3.63) is 131 Å². The van der Waals surface area contributed by atoms with Gasteiger partial charge in [0, 0.05) is 37.2 Å². The van der Waals surface area contributed by atoms with Gasteiger partial charge >= 0.3 is 0 Å². The van der Waals surface area contributed by atoms with Gasteiger partial charge in [-0.05, 0) is 28.7 Å². The quantitative estimate of drug-likeness (QED) is 0.186. The number of hydrogen-bond donors (Lipinski definition) is 0. The molecule has 180 valence electrons. The Morgan fingerprint density at radius 2 is 0.811 bits per heavy atom. The maximum atomic E-state index is 2.38. The SMILES string of the molecule is CCC(c1pc(-c2ccccc2)c(-c2ccccc2)[pH]1)c1pc(-c2ccccc2)c(-c2ccccc2)[pH]1. The summed E-state index contributed by atoms with van der Waals surface area (Å²) in [6, 6.07) is 44.2. The Balaban J connectivity index is 1.49. The van der Waals surface area contributed by atoms with Crippen LogP contribution < -0.4 is 0 Å². The summed E-state index contributed by atoms with van der Waals surface area (Å²) in [6.45, 7) is 2.38. The largest absolute Gasteiger partial charge is 0.122 e. The molecule has 0 radical (unpaired) electrons. The Labute approximate surface area is 226 Å². The summed E-state index contributed by atoms with van der Waals surface area (Å²) in [7, 11) is 4.32. The number of benzene rings is 4. The van der Waals surface area contributed by atoms with Gasteiger partial charge in [0.05, 0.1) is 0 Å². The molecule has 2 unspecified atom stereocenters. The molecule has 0 saturated heterocycles. The van der Waals surface area contributed by atoms with Gasteiger partial charge in [-0.3, -0.25) is 0 Å². The van der Waals surface area contributed by atoms with Crippen LogP contribution in [0.4, 0.5) is 0 Å². The average molecular weight is 548 g/mol. The van der Waals surface area contributed by atoms with Gasteiger partial charge in [0.15, 0.2) is 0 Å². The monoisotopic (exact) mass is 548 g/mol. The molecular formula is C33H28P4. The van der Waals surface area contributed by atoms with Crippen LogP contribution in [0.5, 0.6) is 0 Å². The fraction of sp³-hybridized carbons (Fsp3) is 0.0909. The van der Waals surface area contributed by atoms with E-state index in [1.54, 1.807) is 10.1 Å². The number of hydrogen-bond acceptors (Lipinski definition) is 0. The van der Waals surface area contributed by atoms with E-state index in [9.17, 15) is 0 Å². The third-order valence-electron chi connectivity index (χ3n) is 6.73. The highest BCUT2D eigenvalue weighted by Gasteiger charge is 2.23. The van der Waals surface area contributed by atoms with Crippen LogP contribution in [-0.4, -0.2) is 0 Å². The molecule has 0 spiro atoms. The summed E-state index contributed by atoms with van der Waals surface area (Å²) < 4.78 is 0. The first-order valence-electron chi connectivity index (χ1n) is 12.7. The zero-order valence-corrected chi connectivity index (χ0v) is 24.5. The highest BCUT2D eigenvalue weighted by molar-refractivity contribution is 7.56. The van der Waals surface area contributed by atoms with E-state index < -0.39 is 0 Å². The third kappa shape index (κ3) is 5.19. The molecule has 4 heteroatoms. The Hall–Kier alpha value is -2.70. The molecule has 0 nitrogen and oxygen atoms in total. The second-order valence-electron chi connectivity index (χ2n) is 9.12. The molecule has 4 aromatic carbocycles. The summed E-state index contributed by atoms with van der Waals surface area (Å²) >= 11 is 0. The van der Waals surface area contributed by atoms with Crippen LogP contribution in [0, 0.1) is 0 Å². The average Bonchev–Trinajstić information content (AvgIpc) is 3.61. The fourth-order valence-electron chi connectivity index (χ4n) is 4.87. The Morgan fingerprint density at radius 3 is 1.14 bits per heavy atom. The van der Waals surface area contributed by atoms with Crippen molar-refractivity contribution < 1.29 is 0 Å². The highest BCUT2D eigenvalue weighted by Crippen LogP contribution is 2.59. The minimum atomic E-state index is 0.542. The summed E-state index contributed by atoms with van der Waals surface area (Å²) in [5.41, 5.74) is 5.48. The van der Waals surface area contributed by atoms with E-state index in [2.05, 4.69) is 128 Å². The highest BCUT2D eigenvalue weighted by atomic mass is 31.1. The molecule has 2 atom stereocenters. The Morgan fingerprint density at radius 1 is 0.486 bits per heavy atom. The molecule has 6 rings (SSSR count). The molecule has 37 heavy (non-hydrogen) atoms. The predicted molar refractivity (Wildman–Crippen MR) is 171 cm³/mol. The van der Waals surface area contributed by atoms with Crippen molar-refractivity contribution in [1.29, 1.82) is 0 Å². The fourth-order valence-corrected chi connectivity index (χ4v) is 13.0. The van der Waals surface area contributed by atoms with Crippen LogP contribution >= 0.6 is 32.8 Å². The first kappa shape index (κ1) is 24.6. The van der Waals surface area contributed by atoms with Crippen LogP contribution in [0.1, 0.15) is 29.3 Å². The Kier molecular flexibility index (Phi) is 7.56. The maximum Gasteiger partial charge on any atom is 0.0244 e. The second-order valence-corrected chi connectivity index (χ2v) is 14.8. The van der Waals surface area contributed by atoms with E-state index in [0.717, 1.165) is 16.4 Å². The first-order valence-corrected chi connectivity index (χ1v) is 16.5. The van der Waals surface area contributed by atoms with Crippen LogP contribution in [-0.2, 0) is 0 Å². The smallest absolute Gasteiger partial charge is 0.0244 e. The van der Waals surface area contributed by atoms with Crippen molar-refractivity contribution >= 4 is 32.8 Å². The van der Waals surface area contributed by atoms with Gasteiger partial charge in [-0.1, -0.05) is 145 Å². The molecular weight excluding hydrogens is 520 g/mol. The number of rotatable bonds is 7.